The molecule has 0 spiro atoms. The van der Waals surface area contributed by atoms with Gasteiger partial charge in [0.15, 0.2) is 0 Å². The van der Waals surface area contributed by atoms with E-state index < -0.39 is 0 Å². The summed E-state index contributed by atoms with van der Waals surface area (Å²) in [5.41, 5.74) is 2.55. The van der Waals surface area contributed by atoms with Crippen LogP contribution in [0.25, 0.3) is 0 Å². The summed E-state index contributed by atoms with van der Waals surface area (Å²) in [6, 6.07) is 8.02. The zero-order chi connectivity index (χ0) is 29.7. The minimum atomic E-state index is -0.381. The maximum Gasteiger partial charge on any atom is 0.411 e. The molecule has 230 valence electrons. The van der Waals surface area contributed by atoms with E-state index in [9.17, 15) is 15.0 Å². The molecule has 5 rings (SSSR count). The highest BCUT2D eigenvalue weighted by molar-refractivity contribution is 5.84. The normalized spacial score (nSPS) is 41.1. The molecular formula is C36H57NO4. The van der Waals surface area contributed by atoms with E-state index in [0.717, 1.165) is 37.8 Å². The Balaban J connectivity index is 1.20. The Labute approximate surface area is 249 Å². The lowest BCUT2D eigenvalue weighted by Crippen LogP contribution is -2.62. The largest absolute Gasteiger partial charge is 0.449 e. The zero-order valence-electron chi connectivity index (χ0n) is 26.8. The first-order chi connectivity index (χ1) is 19.3. The summed E-state index contributed by atoms with van der Waals surface area (Å²) in [6.45, 7) is 16.6. The Hall–Kier alpha value is -1.59. The van der Waals surface area contributed by atoms with Crippen LogP contribution in [0.1, 0.15) is 112 Å². The lowest BCUT2D eigenvalue weighted by molar-refractivity contribution is -0.203. The van der Waals surface area contributed by atoms with Crippen LogP contribution < -0.4 is 5.32 Å². The molecule has 41 heavy (non-hydrogen) atoms. The second-order valence-electron chi connectivity index (χ2n) is 16.0. The number of benzene rings is 1. The van der Waals surface area contributed by atoms with Gasteiger partial charge in [-0.25, -0.2) is 4.79 Å². The molecule has 4 saturated carbocycles. The highest BCUT2D eigenvalue weighted by Gasteiger charge is 2.64. The van der Waals surface area contributed by atoms with Crippen molar-refractivity contribution in [3.63, 3.8) is 0 Å². The molecule has 0 aliphatic heterocycles. The lowest BCUT2D eigenvalue weighted by atomic mass is 9.41. The topological polar surface area (TPSA) is 78.8 Å². The van der Waals surface area contributed by atoms with Crippen LogP contribution >= 0.6 is 0 Å². The first-order valence-corrected chi connectivity index (χ1v) is 16.7. The Morgan fingerprint density at radius 2 is 1.66 bits per heavy atom. The van der Waals surface area contributed by atoms with Gasteiger partial charge in [-0.3, -0.25) is 5.32 Å². The van der Waals surface area contributed by atoms with Crippen LogP contribution in [-0.4, -0.2) is 35.1 Å². The number of aliphatic hydroxyl groups excluding tert-OH is 2. The Bertz CT molecular complexity index is 1060. The number of nitrogens with one attached hydrogen (secondary N) is 1. The minimum Gasteiger partial charge on any atom is -0.449 e. The predicted octanol–water partition coefficient (Wildman–Crippen LogP) is 8.19. The van der Waals surface area contributed by atoms with Gasteiger partial charge in [0.1, 0.15) is 0 Å². The highest BCUT2D eigenvalue weighted by atomic mass is 16.5. The molecule has 5 heteroatoms. The molecule has 1 aromatic carbocycles. The summed E-state index contributed by atoms with van der Waals surface area (Å²) in [6.07, 6.45) is 8.77. The molecule has 0 saturated heterocycles. The first kappa shape index (κ1) is 30.9. The molecule has 0 bridgehead atoms. The molecule has 0 aromatic heterocycles. The molecule has 4 aliphatic rings. The third kappa shape index (κ3) is 5.59. The molecule has 5 nitrogen and oxygen atoms in total. The second-order valence-corrected chi connectivity index (χ2v) is 16.0. The smallest absolute Gasteiger partial charge is 0.411 e. The van der Waals surface area contributed by atoms with Crippen molar-refractivity contribution in [1.82, 2.24) is 0 Å². The number of hydrogen-bond acceptors (Lipinski definition) is 4. The van der Waals surface area contributed by atoms with Crippen molar-refractivity contribution in [2.75, 3.05) is 11.9 Å². The SMILES string of the molecule is CC[C@H]1[C@@H](O)[C@@H]2[C@H](CC[C@]3(C)[C@@H]([C@H](C)CCOC(=O)Nc4ccc(C(C)(C)C)cc4)CC[C@@H]23)[C@@]2(C)CC[C@@H](O)C[C@@H]12. The quantitative estimate of drug-likeness (QED) is 0.324. The van der Waals surface area contributed by atoms with Gasteiger partial charge in [-0.2, -0.15) is 0 Å². The molecule has 4 fully saturated rings. The second kappa shape index (κ2) is 11.5. The van der Waals surface area contributed by atoms with Crippen LogP contribution in [0.15, 0.2) is 24.3 Å². The van der Waals surface area contributed by atoms with Gasteiger partial charge in [-0.05, 0) is 127 Å². The number of ether oxygens (including phenoxy) is 1. The fraction of sp³-hybridized carbons (Fsp3) is 0.806. The van der Waals surface area contributed by atoms with Gasteiger partial charge in [-0.15, -0.1) is 0 Å². The molecule has 1 aromatic rings. The van der Waals surface area contributed by atoms with Gasteiger partial charge in [0, 0.05) is 5.69 Å². The van der Waals surface area contributed by atoms with E-state index in [2.05, 4.69) is 65.9 Å². The van der Waals surface area contributed by atoms with Crippen molar-refractivity contribution < 1.29 is 19.7 Å². The fourth-order valence-corrected chi connectivity index (χ4v) is 10.7. The van der Waals surface area contributed by atoms with Crippen molar-refractivity contribution in [1.29, 1.82) is 0 Å². The molecule has 0 heterocycles. The number of carbonyl (C=O) groups excluding carboxylic acids is 1. The van der Waals surface area contributed by atoms with Gasteiger partial charge in [0.25, 0.3) is 0 Å². The van der Waals surface area contributed by atoms with Crippen LogP contribution in [0, 0.1) is 52.3 Å². The van der Waals surface area contributed by atoms with Crippen molar-refractivity contribution in [3.8, 4) is 0 Å². The summed E-state index contributed by atoms with van der Waals surface area (Å²) in [5.74, 6) is 3.29. The van der Waals surface area contributed by atoms with Crippen LogP contribution in [0.2, 0.25) is 0 Å². The molecule has 1 amide bonds. The number of hydrogen-bond donors (Lipinski definition) is 3. The molecule has 4 aliphatic carbocycles. The van der Waals surface area contributed by atoms with E-state index in [1.165, 1.54) is 31.2 Å². The van der Waals surface area contributed by atoms with Crippen molar-refractivity contribution in [3.05, 3.63) is 29.8 Å². The summed E-state index contributed by atoms with van der Waals surface area (Å²) in [4.78, 5) is 12.5. The summed E-state index contributed by atoms with van der Waals surface area (Å²) in [5, 5.41) is 25.4. The van der Waals surface area contributed by atoms with E-state index in [1.807, 2.05) is 12.1 Å². The average molecular weight is 568 g/mol. The number of carbonyl (C=O) groups is 1. The standard InChI is InChI=1S/C36H57NO4/c1-8-26-30-21-25(38)15-18-36(30,7)29-16-19-35(6)27(13-14-28(35)31(29)32(26)39)22(2)17-20-41-33(40)37-24-11-9-23(10-12-24)34(3,4)5/h9-12,22,25-32,38-39H,8,13-21H2,1-7H3,(H,37,40)/t22-,25-,26-,27-,28+,29+,30+,31+,32-,35-,36-/m1/s1. The van der Waals surface area contributed by atoms with Crippen molar-refractivity contribution in [2.24, 2.45) is 52.3 Å². The van der Waals surface area contributed by atoms with E-state index in [-0.39, 0.29) is 34.5 Å². The summed E-state index contributed by atoms with van der Waals surface area (Å²) in [7, 11) is 0. The van der Waals surface area contributed by atoms with Crippen LogP contribution in [-0.2, 0) is 10.2 Å². The van der Waals surface area contributed by atoms with Crippen LogP contribution in [0.5, 0.6) is 0 Å². The molecular weight excluding hydrogens is 510 g/mol. The van der Waals surface area contributed by atoms with E-state index >= 15 is 0 Å². The Morgan fingerprint density at radius 1 is 1.00 bits per heavy atom. The third-order valence-corrected chi connectivity index (χ3v) is 13.0. The highest BCUT2D eigenvalue weighted by Crippen LogP contribution is 2.69. The maximum absolute atomic E-state index is 12.5. The van der Waals surface area contributed by atoms with Crippen molar-refractivity contribution >= 4 is 11.8 Å². The molecule has 11 atom stereocenters. The van der Waals surface area contributed by atoms with Gasteiger partial charge in [-0.1, -0.05) is 67.0 Å². The van der Waals surface area contributed by atoms with Gasteiger partial charge < -0.3 is 14.9 Å². The lowest BCUT2D eigenvalue weighted by Gasteiger charge is -2.64. The molecule has 0 unspecified atom stereocenters. The number of fused-ring (bicyclic) bond motifs is 5. The number of amides is 1. The maximum atomic E-state index is 12.5. The summed E-state index contributed by atoms with van der Waals surface area (Å²) >= 11 is 0. The van der Waals surface area contributed by atoms with Gasteiger partial charge in [0.05, 0.1) is 18.8 Å². The zero-order valence-corrected chi connectivity index (χ0v) is 26.8. The van der Waals surface area contributed by atoms with E-state index in [1.54, 1.807) is 0 Å². The number of rotatable bonds is 6. The fourth-order valence-electron chi connectivity index (χ4n) is 10.7. The summed E-state index contributed by atoms with van der Waals surface area (Å²) < 4.78 is 5.64. The minimum absolute atomic E-state index is 0.0803. The van der Waals surface area contributed by atoms with Crippen LogP contribution in [0.3, 0.4) is 0 Å². The predicted molar refractivity (Wildman–Crippen MR) is 166 cm³/mol. The number of anilines is 1. The molecule has 3 N–H and O–H groups in total. The van der Waals surface area contributed by atoms with Gasteiger partial charge >= 0.3 is 6.09 Å². The third-order valence-electron chi connectivity index (χ3n) is 13.0. The Morgan fingerprint density at radius 3 is 2.32 bits per heavy atom. The van der Waals surface area contributed by atoms with E-state index in [4.69, 9.17) is 4.74 Å². The number of aliphatic hydroxyl groups is 2. The van der Waals surface area contributed by atoms with E-state index in [0.29, 0.717) is 48.0 Å². The average Bonchev–Trinajstić information content (AvgIpc) is 3.27. The first-order valence-electron chi connectivity index (χ1n) is 16.7. The van der Waals surface area contributed by atoms with Crippen LogP contribution in [0.4, 0.5) is 10.5 Å². The van der Waals surface area contributed by atoms with Crippen molar-refractivity contribution in [2.45, 2.75) is 124 Å². The molecule has 0 radical (unpaired) electrons. The van der Waals surface area contributed by atoms with Gasteiger partial charge in [0.2, 0.25) is 0 Å². The monoisotopic (exact) mass is 567 g/mol. The Kier molecular flexibility index (Phi) is 8.64.